The van der Waals surface area contributed by atoms with Crippen LogP contribution in [0.4, 0.5) is 18.9 Å². The molecule has 0 saturated carbocycles. The average molecular weight is 538 g/mol. The Morgan fingerprint density at radius 2 is 1.79 bits per heavy atom. The summed E-state index contributed by atoms with van der Waals surface area (Å²) < 4.78 is 73.2. The van der Waals surface area contributed by atoms with Crippen molar-refractivity contribution in [2.75, 3.05) is 10.9 Å². The summed E-state index contributed by atoms with van der Waals surface area (Å²) in [5, 5.41) is 8.70. The molecule has 0 heterocycles. The van der Waals surface area contributed by atoms with Crippen molar-refractivity contribution in [3.63, 3.8) is 0 Å². The molecule has 0 unspecified atom stereocenters. The highest BCUT2D eigenvalue weighted by Crippen LogP contribution is 2.40. The molecule has 6 nitrogen and oxygen atoms in total. The predicted octanol–water partition coefficient (Wildman–Crippen LogP) is 6.19. The lowest BCUT2D eigenvalue weighted by atomic mass is 10.1. The fourth-order valence-corrected chi connectivity index (χ4v) is 4.90. The van der Waals surface area contributed by atoms with Crippen molar-refractivity contribution in [1.29, 1.82) is 0 Å². The second kappa shape index (κ2) is 11.2. The molecule has 0 aromatic heterocycles. The average Bonchev–Trinajstić information content (AvgIpc) is 2.72. The first-order chi connectivity index (χ1) is 15.7. The molecule has 2 aromatic rings. The summed E-state index contributed by atoms with van der Waals surface area (Å²) in [5.41, 5.74) is -1.15. The van der Waals surface area contributed by atoms with Crippen LogP contribution in [0, 0.1) is 0 Å². The van der Waals surface area contributed by atoms with Gasteiger partial charge in [-0.25, -0.2) is 13.2 Å². The van der Waals surface area contributed by atoms with Gasteiger partial charge >= 0.3 is 12.1 Å². The van der Waals surface area contributed by atoms with E-state index in [-0.39, 0.29) is 33.0 Å². The third-order valence-electron chi connectivity index (χ3n) is 4.26. The van der Waals surface area contributed by atoms with E-state index < -0.39 is 33.8 Å². The van der Waals surface area contributed by atoms with Gasteiger partial charge in [0.2, 0.25) is 0 Å². The summed E-state index contributed by atoms with van der Waals surface area (Å²) >= 11 is 11.8. The first-order valence-electron chi connectivity index (χ1n) is 9.64. The van der Waals surface area contributed by atoms with Crippen LogP contribution < -0.4 is 9.04 Å². The van der Waals surface area contributed by atoms with E-state index in [0.717, 1.165) is 28.6 Å². The van der Waals surface area contributed by atoms with Crippen LogP contribution >= 0.6 is 23.2 Å². The van der Waals surface area contributed by atoms with E-state index in [2.05, 4.69) is 0 Å². The number of nitrogens with zero attached hydrogens (tertiary/aromatic N) is 1. The Balaban J connectivity index is 2.55. The molecule has 0 spiro atoms. The molecule has 0 bridgehead atoms. The monoisotopic (exact) mass is 537 g/mol. The van der Waals surface area contributed by atoms with Crippen LogP contribution in [0.2, 0.25) is 10.0 Å². The van der Waals surface area contributed by atoms with E-state index in [4.69, 9.17) is 33.0 Å². The van der Waals surface area contributed by atoms with Gasteiger partial charge in [-0.15, -0.1) is 0 Å². The lowest BCUT2D eigenvalue weighted by Crippen LogP contribution is -2.37. The molecule has 2 rings (SSSR count). The van der Waals surface area contributed by atoms with Gasteiger partial charge in [-0.1, -0.05) is 35.4 Å². The molecular weight excluding hydrogens is 518 g/mol. The molecule has 0 saturated heterocycles. The van der Waals surface area contributed by atoms with Gasteiger partial charge in [0.25, 0.3) is 10.0 Å². The Morgan fingerprint density at radius 3 is 2.35 bits per heavy atom. The SMILES string of the molecule is CC(C)N(c1ccc(C(F)(F)F)cc1OCC=CC=CC(=O)O)S(=O)(=O)c1ccc(Cl)c(Cl)c1. The number of rotatable bonds is 9. The summed E-state index contributed by atoms with van der Waals surface area (Å²) in [6, 6.07) is 5.45. The van der Waals surface area contributed by atoms with Gasteiger partial charge in [-0.05, 0) is 56.3 Å². The van der Waals surface area contributed by atoms with Crippen molar-refractivity contribution < 1.29 is 36.2 Å². The quantitative estimate of drug-likeness (QED) is 0.304. The second-order valence-electron chi connectivity index (χ2n) is 7.09. The van der Waals surface area contributed by atoms with Crippen LogP contribution in [0.15, 0.2) is 65.6 Å². The lowest BCUT2D eigenvalue weighted by Gasteiger charge is -2.30. The van der Waals surface area contributed by atoms with Crippen molar-refractivity contribution >= 4 is 44.9 Å². The zero-order chi connectivity index (χ0) is 25.7. The zero-order valence-electron chi connectivity index (χ0n) is 17.9. The number of hydrogen-bond donors (Lipinski definition) is 1. The highest BCUT2D eigenvalue weighted by atomic mass is 35.5. The van der Waals surface area contributed by atoms with E-state index in [1.165, 1.54) is 30.4 Å². The molecule has 12 heteroatoms. The highest BCUT2D eigenvalue weighted by Gasteiger charge is 2.34. The van der Waals surface area contributed by atoms with E-state index in [1.54, 1.807) is 13.8 Å². The number of carbonyl (C=O) groups is 1. The molecule has 0 radical (unpaired) electrons. The molecule has 34 heavy (non-hydrogen) atoms. The van der Waals surface area contributed by atoms with Crippen LogP contribution in [0.5, 0.6) is 5.75 Å². The summed E-state index contributed by atoms with van der Waals surface area (Å²) in [5.74, 6) is -1.51. The molecule has 0 aliphatic rings. The van der Waals surface area contributed by atoms with Crippen LogP contribution in [-0.2, 0) is 21.0 Å². The minimum atomic E-state index is -4.69. The minimum absolute atomic E-state index is 0.00473. The van der Waals surface area contributed by atoms with Gasteiger partial charge in [-0.3, -0.25) is 4.31 Å². The molecular formula is C22H20Cl2F3NO5S. The summed E-state index contributed by atoms with van der Waals surface area (Å²) in [6.45, 7) is 2.84. The fraction of sp³-hybridized carbons (Fsp3) is 0.227. The smallest absolute Gasteiger partial charge is 0.416 e. The van der Waals surface area contributed by atoms with Crippen molar-refractivity contribution in [2.24, 2.45) is 0 Å². The predicted molar refractivity (Wildman–Crippen MR) is 124 cm³/mol. The maximum Gasteiger partial charge on any atom is 0.416 e. The number of carboxylic acid groups (broad SMARTS) is 1. The normalized spacial score (nSPS) is 12.6. The summed E-state index contributed by atoms with van der Waals surface area (Å²) in [6.07, 6.45) is 0.0527. The number of anilines is 1. The lowest BCUT2D eigenvalue weighted by molar-refractivity contribution is -0.137. The van der Waals surface area contributed by atoms with Crippen molar-refractivity contribution in [3.8, 4) is 5.75 Å². The number of hydrogen-bond acceptors (Lipinski definition) is 4. The van der Waals surface area contributed by atoms with Gasteiger partial charge < -0.3 is 9.84 Å². The third kappa shape index (κ3) is 6.91. The first-order valence-corrected chi connectivity index (χ1v) is 11.8. The number of aliphatic carboxylic acids is 1. The van der Waals surface area contributed by atoms with Gasteiger partial charge in [0.05, 0.1) is 26.2 Å². The van der Waals surface area contributed by atoms with Gasteiger partial charge in [-0.2, -0.15) is 13.2 Å². The zero-order valence-corrected chi connectivity index (χ0v) is 20.2. The Labute approximate surface area is 204 Å². The van der Waals surface area contributed by atoms with Crippen LogP contribution in [0.25, 0.3) is 0 Å². The number of carboxylic acids is 1. The number of ether oxygens (including phenoxy) is 1. The van der Waals surface area contributed by atoms with E-state index in [9.17, 15) is 26.4 Å². The van der Waals surface area contributed by atoms with Crippen LogP contribution in [0.3, 0.4) is 0 Å². The van der Waals surface area contributed by atoms with Crippen molar-refractivity contribution in [2.45, 2.75) is 31.0 Å². The van der Waals surface area contributed by atoms with Crippen molar-refractivity contribution in [3.05, 3.63) is 76.3 Å². The molecule has 184 valence electrons. The Morgan fingerprint density at radius 1 is 1.12 bits per heavy atom. The fourth-order valence-electron chi connectivity index (χ4n) is 2.83. The summed E-state index contributed by atoms with van der Waals surface area (Å²) in [7, 11) is -4.28. The number of halogens is 5. The van der Waals surface area contributed by atoms with Gasteiger partial charge in [0, 0.05) is 12.1 Å². The number of allylic oxidation sites excluding steroid dienone is 2. The van der Waals surface area contributed by atoms with E-state index in [1.807, 2.05) is 0 Å². The topological polar surface area (TPSA) is 83.9 Å². The minimum Gasteiger partial charge on any atom is -0.487 e. The Hall–Kier alpha value is -2.69. The standard InChI is InChI=1S/C22H20Cl2F3NO5S/c1-14(2)28(34(31,32)16-8-9-17(23)18(24)13-16)19-10-7-15(22(25,26)27)12-20(19)33-11-5-3-4-6-21(29)30/h3-10,12-14H,11H2,1-2H3,(H,29,30). The molecule has 0 aliphatic carbocycles. The van der Waals surface area contributed by atoms with Crippen LogP contribution in [-0.4, -0.2) is 32.1 Å². The molecule has 0 amide bonds. The number of sulfonamides is 1. The van der Waals surface area contributed by atoms with Gasteiger partial charge in [0.1, 0.15) is 12.4 Å². The molecule has 1 N–H and O–H groups in total. The number of benzene rings is 2. The van der Waals surface area contributed by atoms with E-state index >= 15 is 0 Å². The molecule has 0 fully saturated rings. The highest BCUT2D eigenvalue weighted by molar-refractivity contribution is 7.92. The van der Waals surface area contributed by atoms with Gasteiger partial charge in [0.15, 0.2) is 0 Å². The van der Waals surface area contributed by atoms with Crippen molar-refractivity contribution in [1.82, 2.24) is 0 Å². The third-order valence-corrected chi connectivity index (χ3v) is 6.99. The second-order valence-corrected chi connectivity index (χ2v) is 9.72. The largest absolute Gasteiger partial charge is 0.487 e. The molecule has 0 atom stereocenters. The molecule has 2 aromatic carbocycles. The molecule has 0 aliphatic heterocycles. The maximum atomic E-state index is 13.4. The summed E-state index contributed by atoms with van der Waals surface area (Å²) in [4.78, 5) is 10.3. The number of alkyl halides is 3. The Bertz CT molecular complexity index is 1210. The van der Waals surface area contributed by atoms with E-state index in [0.29, 0.717) is 6.07 Å². The Kier molecular flexibility index (Phi) is 9.04. The van der Waals surface area contributed by atoms with Crippen LogP contribution in [0.1, 0.15) is 19.4 Å². The first kappa shape index (κ1) is 27.6. The maximum absolute atomic E-state index is 13.4.